The van der Waals surface area contributed by atoms with Crippen LogP contribution in [-0.4, -0.2) is 45.4 Å². The van der Waals surface area contributed by atoms with Crippen molar-refractivity contribution in [1.29, 1.82) is 0 Å². The Balaban J connectivity index is 2.15. The Bertz CT molecular complexity index is 1060. The highest BCUT2D eigenvalue weighted by atomic mass is 16.6. The third kappa shape index (κ3) is 4.07. The summed E-state index contributed by atoms with van der Waals surface area (Å²) in [6, 6.07) is 8.63. The van der Waals surface area contributed by atoms with Crippen LogP contribution in [-0.2, 0) is 9.59 Å². The molecule has 1 fully saturated rings. The number of phenols is 1. The number of hydrogen-bond donors (Lipinski definition) is 2. The zero-order valence-electron chi connectivity index (χ0n) is 17.1. The van der Waals surface area contributed by atoms with E-state index < -0.39 is 28.4 Å². The molecule has 9 nitrogen and oxygen atoms in total. The molecule has 0 spiro atoms. The molecule has 1 saturated heterocycles. The Labute approximate surface area is 178 Å². The van der Waals surface area contributed by atoms with Crippen molar-refractivity contribution in [1.82, 2.24) is 4.90 Å². The lowest BCUT2D eigenvalue weighted by Gasteiger charge is -2.25. The number of likely N-dealkylation sites (tertiary alicyclic amines) is 1. The number of aliphatic hydroxyl groups excluding tert-OH is 1. The molecule has 2 aromatic carbocycles. The number of rotatable bonds is 7. The molecule has 1 aliphatic heterocycles. The lowest BCUT2D eigenvalue weighted by molar-refractivity contribution is -0.384. The van der Waals surface area contributed by atoms with E-state index in [0.29, 0.717) is 12.0 Å². The molecule has 1 atom stereocenters. The van der Waals surface area contributed by atoms with Crippen LogP contribution in [0.4, 0.5) is 5.69 Å². The highest BCUT2D eigenvalue weighted by molar-refractivity contribution is 6.46. The van der Waals surface area contributed by atoms with Gasteiger partial charge in [0.15, 0.2) is 11.5 Å². The number of carbonyl (C=O) groups excluding carboxylic acids is 2. The minimum Gasteiger partial charge on any atom is -0.507 e. The van der Waals surface area contributed by atoms with Crippen molar-refractivity contribution in [2.24, 2.45) is 0 Å². The number of Topliss-reactive ketones (excluding diaryl/α,β-unsaturated/α-hetero) is 1. The third-order valence-corrected chi connectivity index (χ3v) is 5.16. The van der Waals surface area contributed by atoms with Crippen LogP contribution in [0.3, 0.4) is 0 Å². The van der Waals surface area contributed by atoms with Gasteiger partial charge in [-0.05, 0) is 36.2 Å². The number of ketones is 1. The van der Waals surface area contributed by atoms with Crippen LogP contribution in [0.25, 0.3) is 5.76 Å². The molecule has 1 amide bonds. The van der Waals surface area contributed by atoms with Gasteiger partial charge >= 0.3 is 0 Å². The highest BCUT2D eigenvalue weighted by Gasteiger charge is 2.46. The lowest BCUT2D eigenvalue weighted by atomic mass is 9.95. The van der Waals surface area contributed by atoms with Gasteiger partial charge in [-0.25, -0.2) is 0 Å². The van der Waals surface area contributed by atoms with Gasteiger partial charge in [-0.3, -0.25) is 19.7 Å². The SMILES string of the molecule is CCCCN1C(=O)C(=O)/C(=C(\O)c2ccc([N+](=O)[O-])cc2)C1c1ccc(OC)c(O)c1. The summed E-state index contributed by atoms with van der Waals surface area (Å²) in [7, 11) is 1.40. The minimum atomic E-state index is -0.918. The second-order valence-electron chi connectivity index (χ2n) is 7.08. The maximum atomic E-state index is 12.9. The highest BCUT2D eigenvalue weighted by Crippen LogP contribution is 2.41. The summed E-state index contributed by atoms with van der Waals surface area (Å²) in [5.41, 5.74) is 0.287. The minimum absolute atomic E-state index is 0.139. The van der Waals surface area contributed by atoms with Crippen molar-refractivity contribution in [2.75, 3.05) is 13.7 Å². The topological polar surface area (TPSA) is 130 Å². The molecule has 3 rings (SSSR count). The van der Waals surface area contributed by atoms with Gasteiger partial charge in [0.1, 0.15) is 5.76 Å². The number of unbranched alkanes of at least 4 members (excludes halogenated alkanes) is 1. The van der Waals surface area contributed by atoms with Gasteiger partial charge in [-0.15, -0.1) is 0 Å². The van der Waals surface area contributed by atoms with Crippen LogP contribution < -0.4 is 4.74 Å². The summed E-state index contributed by atoms with van der Waals surface area (Å²) in [5, 5.41) is 32.0. The number of phenolic OH excluding ortho intramolecular Hbond substituents is 1. The Hall–Kier alpha value is -3.88. The average Bonchev–Trinajstić information content (AvgIpc) is 3.01. The quantitative estimate of drug-likeness (QED) is 0.228. The fourth-order valence-electron chi connectivity index (χ4n) is 3.56. The third-order valence-electron chi connectivity index (χ3n) is 5.16. The van der Waals surface area contributed by atoms with E-state index in [4.69, 9.17) is 4.74 Å². The second kappa shape index (κ2) is 8.86. The molecule has 9 heteroatoms. The summed E-state index contributed by atoms with van der Waals surface area (Å²) < 4.78 is 5.06. The fraction of sp³-hybridized carbons (Fsp3) is 0.273. The largest absolute Gasteiger partial charge is 0.507 e. The number of methoxy groups -OCH3 is 1. The Kier molecular flexibility index (Phi) is 6.24. The number of nitro groups is 1. The van der Waals surface area contributed by atoms with Gasteiger partial charge < -0.3 is 19.8 Å². The number of aliphatic hydroxyl groups is 1. The maximum Gasteiger partial charge on any atom is 0.295 e. The van der Waals surface area contributed by atoms with Crippen molar-refractivity contribution in [3.63, 3.8) is 0 Å². The number of aromatic hydroxyl groups is 1. The van der Waals surface area contributed by atoms with Crippen molar-refractivity contribution >= 4 is 23.1 Å². The molecule has 1 heterocycles. The summed E-state index contributed by atoms with van der Waals surface area (Å²) in [4.78, 5) is 37.3. The fourth-order valence-corrected chi connectivity index (χ4v) is 3.56. The van der Waals surface area contributed by atoms with E-state index in [9.17, 15) is 29.9 Å². The summed E-state index contributed by atoms with van der Waals surface area (Å²) in [5.74, 6) is -1.99. The van der Waals surface area contributed by atoms with Gasteiger partial charge in [0, 0.05) is 24.2 Å². The number of amides is 1. The van der Waals surface area contributed by atoms with E-state index in [0.717, 1.165) is 6.42 Å². The zero-order valence-corrected chi connectivity index (χ0v) is 17.1. The molecular formula is C22H22N2O7. The molecule has 0 bridgehead atoms. The Morgan fingerprint density at radius 2 is 1.87 bits per heavy atom. The van der Waals surface area contributed by atoms with Gasteiger partial charge in [0.2, 0.25) is 0 Å². The van der Waals surface area contributed by atoms with E-state index in [1.807, 2.05) is 6.92 Å². The first-order chi connectivity index (χ1) is 14.8. The zero-order chi connectivity index (χ0) is 22.7. The second-order valence-corrected chi connectivity index (χ2v) is 7.08. The molecule has 2 aromatic rings. The van der Waals surface area contributed by atoms with Crippen molar-refractivity contribution in [3.05, 3.63) is 69.3 Å². The molecule has 0 aromatic heterocycles. The number of ether oxygens (including phenoxy) is 1. The average molecular weight is 426 g/mol. The first kappa shape index (κ1) is 21.8. The van der Waals surface area contributed by atoms with Gasteiger partial charge in [-0.2, -0.15) is 0 Å². The first-order valence-corrected chi connectivity index (χ1v) is 9.70. The number of nitrogens with zero attached hydrogens (tertiary/aromatic N) is 2. The van der Waals surface area contributed by atoms with E-state index in [1.54, 1.807) is 6.07 Å². The molecule has 2 N–H and O–H groups in total. The number of hydrogen-bond acceptors (Lipinski definition) is 7. The lowest BCUT2D eigenvalue weighted by Crippen LogP contribution is -2.30. The van der Waals surface area contributed by atoms with Crippen molar-refractivity contribution < 1.29 is 29.5 Å². The predicted octanol–water partition coefficient (Wildman–Crippen LogP) is 3.53. The molecule has 1 aliphatic rings. The first-order valence-electron chi connectivity index (χ1n) is 9.70. The predicted molar refractivity (Wildman–Crippen MR) is 112 cm³/mol. The summed E-state index contributed by atoms with van der Waals surface area (Å²) in [6.45, 7) is 2.23. The van der Waals surface area contributed by atoms with E-state index >= 15 is 0 Å². The van der Waals surface area contributed by atoms with E-state index in [-0.39, 0.29) is 34.9 Å². The molecule has 0 aliphatic carbocycles. The Morgan fingerprint density at radius 1 is 1.19 bits per heavy atom. The number of carbonyl (C=O) groups is 2. The monoisotopic (exact) mass is 426 g/mol. The van der Waals surface area contributed by atoms with Crippen LogP contribution in [0.2, 0.25) is 0 Å². The maximum absolute atomic E-state index is 12.9. The van der Waals surface area contributed by atoms with Crippen LogP contribution in [0.5, 0.6) is 11.5 Å². The van der Waals surface area contributed by atoms with E-state index in [1.165, 1.54) is 48.4 Å². The van der Waals surface area contributed by atoms with Gasteiger partial charge in [0.25, 0.3) is 17.4 Å². The molecule has 31 heavy (non-hydrogen) atoms. The Morgan fingerprint density at radius 3 is 2.42 bits per heavy atom. The van der Waals surface area contributed by atoms with Crippen molar-refractivity contribution in [3.8, 4) is 11.5 Å². The molecule has 162 valence electrons. The van der Waals surface area contributed by atoms with Crippen LogP contribution in [0.1, 0.15) is 36.9 Å². The van der Waals surface area contributed by atoms with Gasteiger partial charge in [-0.1, -0.05) is 19.4 Å². The normalized spacial score (nSPS) is 17.7. The van der Waals surface area contributed by atoms with Crippen LogP contribution >= 0.6 is 0 Å². The van der Waals surface area contributed by atoms with Gasteiger partial charge in [0.05, 0.1) is 23.6 Å². The smallest absolute Gasteiger partial charge is 0.295 e. The molecule has 1 unspecified atom stereocenters. The standard InChI is InChI=1S/C22H22N2O7/c1-3-4-11-23-19(14-7-10-17(31-2)16(25)12-14)18(21(27)22(23)28)20(26)13-5-8-15(9-6-13)24(29)30/h5-10,12,19,25-26H,3-4,11H2,1-2H3/b20-18-. The summed E-state index contributed by atoms with van der Waals surface area (Å²) in [6.07, 6.45) is 1.43. The number of nitro benzene ring substituents is 1. The molecular weight excluding hydrogens is 404 g/mol. The van der Waals surface area contributed by atoms with Crippen LogP contribution in [0, 0.1) is 10.1 Å². The molecule has 0 radical (unpaired) electrons. The summed E-state index contributed by atoms with van der Waals surface area (Å²) >= 11 is 0. The van der Waals surface area contributed by atoms with Crippen LogP contribution in [0.15, 0.2) is 48.0 Å². The number of non-ortho nitro benzene ring substituents is 1. The molecule has 0 saturated carbocycles. The van der Waals surface area contributed by atoms with E-state index in [2.05, 4.69) is 0 Å². The van der Waals surface area contributed by atoms with Crippen molar-refractivity contribution in [2.45, 2.75) is 25.8 Å². The number of benzene rings is 2.